The van der Waals surface area contributed by atoms with Crippen molar-refractivity contribution in [2.45, 2.75) is 26.7 Å². The molecule has 12 nitrogen and oxygen atoms in total. The Bertz CT molecular complexity index is 6790. The topological polar surface area (TPSA) is 152 Å². The van der Waals surface area contributed by atoms with Gasteiger partial charge in [0.2, 0.25) is 0 Å². The molecule has 0 saturated heterocycles. The lowest BCUT2D eigenvalue weighted by molar-refractivity contribution is 0.246. The van der Waals surface area contributed by atoms with Crippen molar-refractivity contribution in [1.29, 1.82) is 0 Å². The number of aromatic amines is 4. The Hall–Kier alpha value is -14.9. The SMILES string of the molecule is Cc1ccc(-c2c3nc(c(-c4ccccc4)c4ccc([nH]4)c(-c4ccc(OCCCOc5ccc6ccccc6c5-c5c(OCCCOc6ccc(-c7c8nc(c(-c9ccccc9)c9ccc([nH]9)c(-c9ccc(C)cc9)c9nc(cc%10ccc7[nH]%10)C=C9)C=C8)cc6)ccc6ccccc56)cc4)c4nc(cc5ccc2[nH]5)C=C4)C=C3)cc1. The summed E-state index contributed by atoms with van der Waals surface area (Å²) in [6, 6.07) is 102. The fraction of sp³-hybridized carbons (Fsp3) is 0.0769. The summed E-state index contributed by atoms with van der Waals surface area (Å²) in [5.74, 6) is 3.05. The maximum Gasteiger partial charge on any atom is 0.127 e. The van der Waals surface area contributed by atoms with Crippen molar-refractivity contribution in [3.05, 3.63) is 348 Å². The molecule has 0 radical (unpaired) electrons. The van der Waals surface area contributed by atoms with Gasteiger partial charge in [-0.1, -0.05) is 205 Å². The summed E-state index contributed by atoms with van der Waals surface area (Å²) in [4.78, 5) is 36.5. The van der Waals surface area contributed by atoms with Crippen LogP contribution in [-0.4, -0.2) is 66.3 Å². The maximum absolute atomic E-state index is 6.89. The fourth-order valence-electron chi connectivity index (χ4n) is 16.3. The minimum absolute atomic E-state index is 0.418. The van der Waals surface area contributed by atoms with Gasteiger partial charge in [0.1, 0.15) is 23.0 Å². The molecule has 6 aromatic heterocycles. The highest BCUT2D eigenvalue weighted by atomic mass is 16.5. The minimum Gasteiger partial charge on any atom is -0.493 e. The highest BCUT2D eigenvalue weighted by molar-refractivity contribution is 6.10. The van der Waals surface area contributed by atoms with E-state index >= 15 is 0 Å². The van der Waals surface area contributed by atoms with Gasteiger partial charge in [-0.2, -0.15) is 0 Å². The first-order chi connectivity index (χ1) is 57.2. The van der Waals surface area contributed by atoms with Crippen LogP contribution in [0.2, 0.25) is 0 Å². The van der Waals surface area contributed by atoms with Crippen LogP contribution in [0.25, 0.3) is 192 Å². The molecule has 16 bridgehead atoms. The first-order valence-electron chi connectivity index (χ1n) is 39.5. The predicted octanol–water partition coefficient (Wildman–Crippen LogP) is 25.9. The number of nitrogens with one attached hydrogen (secondary N) is 4. The Morgan fingerprint density at radius 2 is 0.543 bits per heavy atom. The quantitative estimate of drug-likeness (QED) is 0.0584. The Morgan fingerprint density at radius 3 is 0.922 bits per heavy atom. The van der Waals surface area contributed by atoms with Gasteiger partial charge in [0.05, 0.1) is 72.0 Å². The largest absolute Gasteiger partial charge is 0.493 e. The summed E-state index contributed by atoms with van der Waals surface area (Å²) < 4.78 is 26.8. The molecule has 0 aliphatic carbocycles. The van der Waals surface area contributed by atoms with E-state index in [2.05, 4.69) is 337 Å². The number of aromatic nitrogens is 8. The third kappa shape index (κ3) is 14.0. The molecule has 0 spiro atoms. The molecule has 0 atom stereocenters. The van der Waals surface area contributed by atoms with Crippen molar-refractivity contribution in [2.75, 3.05) is 26.4 Å². The number of nitrogens with zero attached hydrogens (tertiary/aromatic N) is 4. The third-order valence-corrected chi connectivity index (χ3v) is 21.9. The second-order valence-electron chi connectivity index (χ2n) is 29.6. The van der Waals surface area contributed by atoms with E-state index < -0.39 is 0 Å². The number of ether oxygens (including phenoxy) is 4. The molecule has 4 aliphatic rings. The van der Waals surface area contributed by atoms with Crippen molar-refractivity contribution >= 4 is 114 Å². The zero-order valence-corrected chi connectivity index (χ0v) is 64.0. The van der Waals surface area contributed by atoms with Crippen molar-refractivity contribution in [2.24, 2.45) is 0 Å². The van der Waals surface area contributed by atoms with Gasteiger partial charge < -0.3 is 38.9 Å². The molecule has 4 N–H and O–H groups in total. The average Bonchev–Trinajstić information content (AvgIpc) is 1.20. The molecular formula is C104H78N8O4. The number of hydrogen-bond acceptors (Lipinski definition) is 8. The first-order valence-corrected chi connectivity index (χ1v) is 39.5. The summed E-state index contributed by atoms with van der Waals surface area (Å²) in [5.41, 5.74) is 31.1. The van der Waals surface area contributed by atoms with Crippen LogP contribution < -0.4 is 18.9 Å². The van der Waals surface area contributed by atoms with Gasteiger partial charge in [0, 0.05) is 101 Å². The average molecular weight is 1500 g/mol. The monoisotopic (exact) mass is 1500 g/mol. The maximum atomic E-state index is 6.89. The van der Waals surface area contributed by atoms with Crippen molar-refractivity contribution in [3.8, 4) is 101 Å². The van der Waals surface area contributed by atoms with Crippen LogP contribution in [-0.2, 0) is 0 Å². The number of H-pyrrole nitrogens is 4. The standard InChI is InChI=1S/C104H78N8O4/c1-65-23-27-71(28-24-65)99-83-45-37-75(105-83)63-77-39-47-85(107-77)101(93-55-51-89(111-93)97(69-17-5-3-6-18-69)87-49-53-91(99)109-87)73-31-41-79(42-32-73)113-59-13-61-115-95-57-35-67-15-9-11-21-81(67)103(95)104-82-22-12-10-16-68(82)36-58-96(104)116-62-14-60-114-80-43-33-74(34-44-80)102-86-48-40-78(108-86)64-76-38-46-84(106-76)100(72-29-25-66(2)26-30-72)92-54-50-88(110-92)98(70-19-7-4-8-20-70)90-52-56-94(102)112-90/h3-12,15-58,63-64,105,108,110-111H,13-14,59-62H2,1-2H3. The third-order valence-electron chi connectivity index (χ3n) is 21.9. The molecule has 16 aromatic rings. The normalized spacial score (nSPS) is 12.1. The molecular weight excluding hydrogens is 1430 g/mol. The second kappa shape index (κ2) is 30.7. The Kier molecular flexibility index (Phi) is 18.6. The van der Waals surface area contributed by atoms with E-state index in [9.17, 15) is 0 Å². The number of aryl methyl sites for hydroxylation is 2. The van der Waals surface area contributed by atoms with Gasteiger partial charge in [-0.25, -0.2) is 19.9 Å². The lowest BCUT2D eigenvalue weighted by Gasteiger charge is -2.20. The van der Waals surface area contributed by atoms with Crippen LogP contribution in [0.1, 0.15) is 69.5 Å². The second-order valence-corrected chi connectivity index (χ2v) is 29.6. The molecule has 20 rings (SSSR count). The van der Waals surface area contributed by atoms with Crippen LogP contribution in [0.3, 0.4) is 0 Å². The zero-order valence-electron chi connectivity index (χ0n) is 64.0. The lowest BCUT2D eigenvalue weighted by atomic mass is 9.92. The highest BCUT2D eigenvalue weighted by Gasteiger charge is 2.23. The molecule has 0 unspecified atom stereocenters. The minimum atomic E-state index is 0.418. The summed E-state index contributed by atoms with van der Waals surface area (Å²) in [6.45, 7) is 5.94. The Balaban J connectivity index is 0.541. The van der Waals surface area contributed by atoms with E-state index in [1.165, 1.54) is 11.1 Å². The van der Waals surface area contributed by atoms with Crippen LogP contribution in [0.4, 0.5) is 0 Å². The van der Waals surface area contributed by atoms with Crippen LogP contribution >= 0.6 is 0 Å². The highest BCUT2D eigenvalue weighted by Crippen LogP contribution is 2.47. The van der Waals surface area contributed by atoms with Gasteiger partial charge in [0.25, 0.3) is 0 Å². The number of fused-ring (bicyclic) bond motifs is 18. The predicted molar refractivity (Wildman–Crippen MR) is 478 cm³/mol. The molecule has 0 saturated carbocycles. The summed E-state index contributed by atoms with van der Waals surface area (Å²) in [6.07, 6.45) is 18.2. The first kappa shape index (κ1) is 70.3. The van der Waals surface area contributed by atoms with E-state index in [1.54, 1.807) is 0 Å². The Labute approximate surface area is 670 Å². The van der Waals surface area contributed by atoms with Crippen molar-refractivity contribution in [1.82, 2.24) is 39.9 Å². The van der Waals surface area contributed by atoms with Crippen LogP contribution in [0.5, 0.6) is 23.0 Å². The van der Waals surface area contributed by atoms with Crippen LogP contribution in [0, 0.1) is 13.8 Å². The number of benzene rings is 10. The molecule has 116 heavy (non-hydrogen) atoms. The summed E-state index contributed by atoms with van der Waals surface area (Å²) in [5, 5.41) is 4.35. The smallest absolute Gasteiger partial charge is 0.127 e. The fourth-order valence-corrected chi connectivity index (χ4v) is 16.3. The summed E-state index contributed by atoms with van der Waals surface area (Å²) in [7, 11) is 0. The molecule has 0 amide bonds. The molecule has 12 heteroatoms. The van der Waals surface area contributed by atoms with Crippen molar-refractivity contribution in [3.63, 3.8) is 0 Å². The van der Waals surface area contributed by atoms with Crippen molar-refractivity contribution < 1.29 is 18.9 Å². The summed E-state index contributed by atoms with van der Waals surface area (Å²) >= 11 is 0. The van der Waals surface area contributed by atoms with E-state index in [-0.39, 0.29) is 0 Å². The van der Waals surface area contributed by atoms with E-state index in [0.29, 0.717) is 39.3 Å². The van der Waals surface area contributed by atoms with Gasteiger partial charge >= 0.3 is 0 Å². The molecule has 10 heterocycles. The lowest BCUT2D eigenvalue weighted by Crippen LogP contribution is -2.07. The van der Waals surface area contributed by atoms with Gasteiger partial charge in [-0.05, 0) is 214 Å². The van der Waals surface area contributed by atoms with E-state index in [4.69, 9.17) is 38.9 Å². The van der Waals surface area contributed by atoms with Gasteiger partial charge in [-0.3, -0.25) is 0 Å². The van der Waals surface area contributed by atoms with Gasteiger partial charge in [-0.15, -0.1) is 0 Å². The van der Waals surface area contributed by atoms with Crippen LogP contribution in [0.15, 0.2) is 291 Å². The zero-order chi connectivity index (χ0) is 77.4. The van der Waals surface area contributed by atoms with E-state index in [1.807, 2.05) is 36.4 Å². The van der Waals surface area contributed by atoms with E-state index in [0.717, 1.165) is 212 Å². The number of hydrogen-bond donors (Lipinski definition) is 4. The Morgan fingerprint density at radius 1 is 0.241 bits per heavy atom. The number of rotatable bonds is 19. The molecule has 10 aromatic carbocycles. The molecule has 4 aliphatic heterocycles. The molecule has 0 fully saturated rings. The molecule has 558 valence electrons. The van der Waals surface area contributed by atoms with Gasteiger partial charge in [0.15, 0.2) is 0 Å².